The van der Waals surface area contributed by atoms with E-state index in [1.165, 1.54) is 4.40 Å². The lowest BCUT2D eigenvalue weighted by Gasteiger charge is -2.06. The Morgan fingerprint density at radius 2 is 2.47 bits per heavy atom. The predicted molar refractivity (Wildman–Crippen MR) is 66.3 cm³/mol. The van der Waals surface area contributed by atoms with Crippen molar-refractivity contribution in [2.24, 2.45) is 0 Å². The molecule has 2 N–H and O–H groups in total. The van der Waals surface area contributed by atoms with Crippen LogP contribution in [-0.4, -0.2) is 26.1 Å². The summed E-state index contributed by atoms with van der Waals surface area (Å²) in [6.45, 7) is 6.27. The summed E-state index contributed by atoms with van der Waals surface area (Å²) in [6.07, 6.45) is 3.86. The van der Waals surface area contributed by atoms with Crippen LogP contribution in [0.25, 0.3) is 5.65 Å². The average Bonchev–Trinajstić information content (AvgIpc) is 2.67. The molecule has 0 spiro atoms. The number of allylic oxidation sites excluding steroid dienone is 1. The van der Waals surface area contributed by atoms with Crippen molar-refractivity contribution in [3.8, 4) is 0 Å². The molecule has 6 nitrogen and oxygen atoms in total. The molecule has 0 fully saturated rings. The van der Waals surface area contributed by atoms with E-state index >= 15 is 0 Å². The number of aryl methyl sites for hydroxylation is 1. The van der Waals surface area contributed by atoms with Gasteiger partial charge in [-0.05, 0) is 19.8 Å². The number of aromatic amines is 1. The number of hydrogen-bond donors (Lipinski definition) is 2. The van der Waals surface area contributed by atoms with E-state index in [9.17, 15) is 4.79 Å². The molecule has 0 saturated carbocycles. The smallest absolute Gasteiger partial charge is 0.349 e. The minimum atomic E-state index is -0.261. The van der Waals surface area contributed by atoms with E-state index in [0.29, 0.717) is 11.5 Å². The number of hydrogen-bond acceptors (Lipinski definition) is 4. The highest BCUT2D eigenvalue weighted by molar-refractivity contribution is 5.49. The maximum Gasteiger partial charge on any atom is 0.349 e. The minimum absolute atomic E-state index is 0.261. The molecular weight excluding hydrogens is 218 g/mol. The van der Waals surface area contributed by atoms with Crippen LogP contribution < -0.4 is 11.0 Å². The van der Waals surface area contributed by atoms with Gasteiger partial charge in [0.2, 0.25) is 0 Å². The Morgan fingerprint density at radius 1 is 1.65 bits per heavy atom. The predicted octanol–water partition coefficient (Wildman–Crippen LogP) is 1.10. The van der Waals surface area contributed by atoms with Crippen molar-refractivity contribution in [2.75, 3.05) is 11.9 Å². The maximum absolute atomic E-state index is 11.4. The lowest BCUT2D eigenvalue weighted by molar-refractivity contribution is 0.875. The van der Waals surface area contributed by atoms with E-state index in [1.807, 2.05) is 6.08 Å². The van der Waals surface area contributed by atoms with Gasteiger partial charge in [0.15, 0.2) is 5.65 Å². The molecule has 0 aliphatic carbocycles. The zero-order valence-corrected chi connectivity index (χ0v) is 9.73. The van der Waals surface area contributed by atoms with Crippen molar-refractivity contribution in [3.63, 3.8) is 0 Å². The molecule has 0 saturated heterocycles. The van der Waals surface area contributed by atoms with E-state index < -0.39 is 0 Å². The molecule has 0 radical (unpaired) electrons. The highest BCUT2D eigenvalue weighted by atomic mass is 16.1. The van der Waals surface area contributed by atoms with Crippen molar-refractivity contribution in [2.45, 2.75) is 19.8 Å². The Labute approximate surface area is 98.4 Å². The average molecular weight is 233 g/mol. The first-order valence-electron chi connectivity index (χ1n) is 5.52. The third-order valence-electron chi connectivity index (χ3n) is 2.46. The summed E-state index contributed by atoms with van der Waals surface area (Å²) in [5.41, 5.74) is 0.317. The van der Waals surface area contributed by atoms with Crippen molar-refractivity contribution < 1.29 is 0 Å². The number of nitrogens with one attached hydrogen (secondary N) is 2. The fraction of sp³-hybridized carbons (Fsp3) is 0.364. The van der Waals surface area contributed by atoms with Gasteiger partial charge >= 0.3 is 5.69 Å². The summed E-state index contributed by atoms with van der Waals surface area (Å²) < 4.78 is 1.44. The van der Waals surface area contributed by atoms with Crippen LogP contribution in [0.1, 0.15) is 18.7 Å². The van der Waals surface area contributed by atoms with Crippen molar-refractivity contribution in [1.29, 1.82) is 0 Å². The summed E-state index contributed by atoms with van der Waals surface area (Å²) >= 11 is 0. The molecule has 2 aromatic rings. The Kier molecular flexibility index (Phi) is 3.22. The van der Waals surface area contributed by atoms with E-state index in [-0.39, 0.29) is 5.69 Å². The summed E-state index contributed by atoms with van der Waals surface area (Å²) in [4.78, 5) is 15.7. The first-order valence-corrected chi connectivity index (χ1v) is 5.52. The van der Waals surface area contributed by atoms with Gasteiger partial charge in [-0.1, -0.05) is 6.08 Å². The van der Waals surface area contributed by atoms with Crippen molar-refractivity contribution >= 4 is 11.5 Å². The second kappa shape index (κ2) is 4.82. The zero-order valence-electron chi connectivity index (χ0n) is 9.73. The van der Waals surface area contributed by atoms with Gasteiger partial charge in [0.1, 0.15) is 11.6 Å². The molecule has 0 aromatic carbocycles. The monoisotopic (exact) mass is 233 g/mol. The van der Waals surface area contributed by atoms with Gasteiger partial charge in [-0.2, -0.15) is 5.10 Å². The van der Waals surface area contributed by atoms with E-state index in [0.717, 1.165) is 25.2 Å². The van der Waals surface area contributed by atoms with Crippen LogP contribution in [-0.2, 0) is 0 Å². The van der Waals surface area contributed by atoms with Crippen LogP contribution in [0.15, 0.2) is 23.5 Å². The lowest BCUT2D eigenvalue weighted by Crippen LogP contribution is -2.14. The SMILES string of the molecule is C=CCCCNc1cc2n[nH]c(=O)n2c(C)n1. The Balaban J connectivity index is 2.19. The molecule has 2 heterocycles. The third-order valence-corrected chi connectivity index (χ3v) is 2.46. The molecule has 90 valence electrons. The molecule has 0 amide bonds. The third kappa shape index (κ3) is 2.35. The normalized spacial score (nSPS) is 10.6. The largest absolute Gasteiger partial charge is 0.370 e. The van der Waals surface area contributed by atoms with Crippen LogP contribution in [0, 0.1) is 6.92 Å². The summed E-state index contributed by atoms with van der Waals surface area (Å²) in [5.74, 6) is 1.35. The minimum Gasteiger partial charge on any atom is -0.370 e. The van der Waals surface area contributed by atoms with Gasteiger partial charge in [-0.15, -0.1) is 6.58 Å². The van der Waals surface area contributed by atoms with Gasteiger partial charge < -0.3 is 5.32 Å². The molecular formula is C11H15N5O. The van der Waals surface area contributed by atoms with Crippen LogP contribution in [0.2, 0.25) is 0 Å². The van der Waals surface area contributed by atoms with E-state index in [1.54, 1.807) is 13.0 Å². The van der Waals surface area contributed by atoms with Gasteiger partial charge in [-0.3, -0.25) is 0 Å². The molecule has 0 aliphatic heterocycles. The summed E-state index contributed by atoms with van der Waals surface area (Å²) in [6, 6.07) is 1.75. The molecule has 0 unspecified atom stereocenters. The Morgan fingerprint density at radius 3 is 3.24 bits per heavy atom. The maximum atomic E-state index is 11.4. The first kappa shape index (κ1) is 11.4. The van der Waals surface area contributed by atoms with E-state index in [4.69, 9.17) is 0 Å². The Hall–Kier alpha value is -2.11. The molecule has 2 rings (SSSR count). The molecule has 0 atom stereocenters. The molecule has 0 aliphatic rings. The first-order chi connectivity index (χ1) is 8.22. The summed E-state index contributed by atoms with van der Waals surface area (Å²) in [5, 5.41) is 9.50. The number of H-pyrrole nitrogens is 1. The molecule has 17 heavy (non-hydrogen) atoms. The summed E-state index contributed by atoms with van der Waals surface area (Å²) in [7, 11) is 0. The highest BCUT2D eigenvalue weighted by Gasteiger charge is 2.05. The van der Waals surface area contributed by atoms with Gasteiger partial charge in [0.25, 0.3) is 0 Å². The van der Waals surface area contributed by atoms with E-state index in [2.05, 4.69) is 27.1 Å². The number of nitrogens with zero attached hydrogens (tertiary/aromatic N) is 3. The van der Waals surface area contributed by atoms with Crippen LogP contribution >= 0.6 is 0 Å². The van der Waals surface area contributed by atoms with Crippen LogP contribution in [0.3, 0.4) is 0 Å². The van der Waals surface area contributed by atoms with Crippen LogP contribution in [0.4, 0.5) is 5.82 Å². The van der Waals surface area contributed by atoms with Crippen molar-refractivity contribution in [1.82, 2.24) is 19.6 Å². The molecule has 6 heteroatoms. The molecule has 0 bridgehead atoms. The lowest BCUT2D eigenvalue weighted by atomic mass is 10.3. The highest BCUT2D eigenvalue weighted by Crippen LogP contribution is 2.07. The fourth-order valence-corrected chi connectivity index (χ4v) is 1.65. The fourth-order valence-electron chi connectivity index (χ4n) is 1.65. The van der Waals surface area contributed by atoms with Gasteiger partial charge in [0.05, 0.1) is 0 Å². The number of aromatic nitrogens is 4. The second-order valence-electron chi connectivity index (χ2n) is 3.77. The number of rotatable bonds is 5. The second-order valence-corrected chi connectivity index (χ2v) is 3.77. The number of unbranched alkanes of at least 4 members (excludes halogenated alkanes) is 1. The number of fused-ring (bicyclic) bond motifs is 1. The van der Waals surface area contributed by atoms with Gasteiger partial charge in [-0.25, -0.2) is 19.3 Å². The quantitative estimate of drug-likeness (QED) is 0.599. The van der Waals surface area contributed by atoms with Crippen LogP contribution in [0.5, 0.6) is 0 Å². The van der Waals surface area contributed by atoms with Crippen molar-refractivity contribution in [3.05, 3.63) is 35.0 Å². The number of anilines is 1. The standard InChI is InChI=1S/C11H15N5O/c1-3-4-5-6-12-9-7-10-14-15-11(17)16(10)8(2)13-9/h3,7,12H,1,4-6H2,2H3,(H,15,17). The molecule has 2 aromatic heterocycles. The van der Waals surface area contributed by atoms with Gasteiger partial charge in [0, 0.05) is 12.6 Å². The Bertz CT molecular complexity index is 583. The topological polar surface area (TPSA) is 75.1 Å². The zero-order chi connectivity index (χ0) is 12.3.